The van der Waals surface area contributed by atoms with Crippen molar-refractivity contribution in [2.75, 3.05) is 0 Å². The van der Waals surface area contributed by atoms with E-state index >= 15 is 0 Å². The molecule has 0 bridgehead atoms. The normalized spacial score (nSPS) is 10.8. The van der Waals surface area contributed by atoms with E-state index in [-0.39, 0.29) is 6.61 Å². The van der Waals surface area contributed by atoms with Crippen LogP contribution in [0, 0.1) is 6.92 Å². The Hall–Kier alpha value is -1.68. The van der Waals surface area contributed by atoms with Gasteiger partial charge in [-0.3, -0.25) is 0 Å². The van der Waals surface area contributed by atoms with E-state index in [1.807, 2.05) is 11.6 Å². The molecule has 1 aromatic heterocycles. The predicted molar refractivity (Wildman–Crippen MR) is 65.5 cm³/mol. The Kier molecular flexibility index (Phi) is 3.54. The van der Waals surface area contributed by atoms with Crippen LogP contribution in [-0.2, 0) is 26.5 Å². The van der Waals surface area contributed by atoms with Crippen LogP contribution in [0.2, 0.25) is 0 Å². The molecule has 0 aliphatic rings. The zero-order valence-electron chi connectivity index (χ0n) is 10.2. The van der Waals surface area contributed by atoms with Crippen molar-refractivity contribution in [3.63, 3.8) is 0 Å². The second-order valence-electron chi connectivity index (χ2n) is 4.24. The van der Waals surface area contributed by atoms with Crippen molar-refractivity contribution in [3.8, 4) is 0 Å². The molecular weight excluding hydrogens is 214 g/mol. The van der Waals surface area contributed by atoms with Crippen LogP contribution in [-0.4, -0.2) is 19.9 Å². The molecule has 0 atom stereocenters. The fourth-order valence-corrected chi connectivity index (χ4v) is 1.88. The molecule has 4 heteroatoms. The first-order chi connectivity index (χ1) is 8.20. The monoisotopic (exact) mass is 231 g/mol. The van der Waals surface area contributed by atoms with Crippen molar-refractivity contribution in [2.24, 2.45) is 7.05 Å². The summed E-state index contributed by atoms with van der Waals surface area (Å²) in [5.41, 5.74) is 2.58. The molecule has 0 aliphatic heterocycles. The van der Waals surface area contributed by atoms with Gasteiger partial charge in [0.2, 0.25) is 0 Å². The summed E-state index contributed by atoms with van der Waals surface area (Å²) in [5.74, 6) is 1.53. The van der Waals surface area contributed by atoms with Crippen molar-refractivity contribution in [2.45, 2.75) is 26.4 Å². The number of aryl methyl sites for hydroxylation is 3. The van der Waals surface area contributed by atoms with Gasteiger partial charge >= 0.3 is 0 Å². The minimum Gasteiger partial charge on any atom is -0.388 e. The number of hydrogen-bond donors (Lipinski definition) is 1. The molecule has 0 radical (unpaired) electrons. The molecule has 2 rings (SSSR count). The Balaban J connectivity index is 2.05. The number of aliphatic hydroxyl groups excluding tert-OH is 1. The van der Waals surface area contributed by atoms with E-state index in [0.29, 0.717) is 5.82 Å². The van der Waals surface area contributed by atoms with Gasteiger partial charge in [-0.15, -0.1) is 10.2 Å². The van der Waals surface area contributed by atoms with E-state index < -0.39 is 0 Å². The zero-order valence-corrected chi connectivity index (χ0v) is 10.2. The molecule has 2 aromatic rings. The SMILES string of the molecule is Cc1cccc(CCc2nnc(CO)n2C)c1. The van der Waals surface area contributed by atoms with E-state index in [0.717, 1.165) is 18.7 Å². The Morgan fingerprint density at radius 2 is 1.94 bits per heavy atom. The van der Waals surface area contributed by atoms with E-state index in [1.54, 1.807) is 0 Å². The predicted octanol–water partition coefficient (Wildman–Crippen LogP) is 1.40. The van der Waals surface area contributed by atoms with Gasteiger partial charge in [0.1, 0.15) is 12.4 Å². The lowest BCUT2D eigenvalue weighted by Crippen LogP contribution is -2.03. The van der Waals surface area contributed by atoms with Crippen LogP contribution in [0.5, 0.6) is 0 Å². The summed E-state index contributed by atoms with van der Waals surface area (Å²) in [4.78, 5) is 0. The molecule has 0 aliphatic carbocycles. The molecule has 1 N–H and O–H groups in total. The first-order valence-electron chi connectivity index (χ1n) is 5.74. The van der Waals surface area contributed by atoms with Crippen molar-refractivity contribution < 1.29 is 5.11 Å². The smallest absolute Gasteiger partial charge is 0.158 e. The van der Waals surface area contributed by atoms with Gasteiger partial charge in [-0.25, -0.2) is 0 Å². The maximum Gasteiger partial charge on any atom is 0.158 e. The van der Waals surface area contributed by atoms with Crippen LogP contribution in [0.1, 0.15) is 22.8 Å². The van der Waals surface area contributed by atoms with Crippen LogP contribution >= 0.6 is 0 Å². The van der Waals surface area contributed by atoms with Crippen molar-refractivity contribution in [1.82, 2.24) is 14.8 Å². The second-order valence-corrected chi connectivity index (χ2v) is 4.24. The molecule has 1 heterocycles. The fraction of sp³-hybridized carbons (Fsp3) is 0.385. The van der Waals surface area contributed by atoms with Crippen LogP contribution in [0.3, 0.4) is 0 Å². The average Bonchev–Trinajstić information content (AvgIpc) is 2.67. The zero-order chi connectivity index (χ0) is 12.3. The molecule has 0 unspecified atom stereocenters. The lowest BCUT2D eigenvalue weighted by molar-refractivity contribution is 0.266. The Morgan fingerprint density at radius 1 is 1.18 bits per heavy atom. The summed E-state index contributed by atoms with van der Waals surface area (Å²) in [6.07, 6.45) is 1.78. The molecule has 0 saturated carbocycles. The molecule has 17 heavy (non-hydrogen) atoms. The molecule has 90 valence electrons. The third-order valence-electron chi connectivity index (χ3n) is 2.92. The molecule has 1 aromatic carbocycles. The summed E-state index contributed by atoms with van der Waals surface area (Å²) in [6.45, 7) is 2.03. The van der Waals surface area contributed by atoms with Gasteiger partial charge in [-0.05, 0) is 18.9 Å². The molecule has 0 fully saturated rings. The van der Waals surface area contributed by atoms with Crippen LogP contribution in [0.4, 0.5) is 0 Å². The number of nitrogens with zero attached hydrogens (tertiary/aromatic N) is 3. The van der Waals surface area contributed by atoms with Crippen LogP contribution < -0.4 is 0 Å². The highest BCUT2D eigenvalue weighted by Gasteiger charge is 2.07. The Morgan fingerprint density at radius 3 is 2.59 bits per heavy atom. The highest BCUT2D eigenvalue weighted by atomic mass is 16.3. The maximum atomic E-state index is 9.03. The summed E-state index contributed by atoms with van der Waals surface area (Å²) in [7, 11) is 1.89. The van der Waals surface area contributed by atoms with Gasteiger partial charge in [0.25, 0.3) is 0 Å². The summed E-state index contributed by atoms with van der Waals surface area (Å²) in [6, 6.07) is 8.47. The van der Waals surface area contributed by atoms with E-state index in [9.17, 15) is 0 Å². The van der Waals surface area contributed by atoms with E-state index in [1.165, 1.54) is 11.1 Å². The number of hydrogen-bond acceptors (Lipinski definition) is 3. The number of aliphatic hydroxyl groups is 1. The largest absolute Gasteiger partial charge is 0.388 e. The van der Waals surface area contributed by atoms with Crippen molar-refractivity contribution >= 4 is 0 Å². The average molecular weight is 231 g/mol. The summed E-state index contributed by atoms with van der Waals surface area (Å²) < 4.78 is 1.86. The van der Waals surface area contributed by atoms with Gasteiger partial charge in [0.05, 0.1) is 0 Å². The fourth-order valence-electron chi connectivity index (χ4n) is 1.88. The number of rotatable bonds is 4. The van der Waals surface area contributed by atoms with Crippen molar-refractivity contribution in [3.05, 3.63) is 47.0 Å². The standard InChI is InChI=1S/C13H17N3O/c1-10-4-3-5-11(8-10)6-7-12-14-15-13(9-17)16(12)2/h3-5,8,17H,6-7,9H2,1-2H3. The molecular formula is C13H17N3O. The number of benzene rings is 1. The Bertz CT molecular complexity index is 505. The van der Waals surface area contributed by atoms with Gasteiger partial charge in [-0.2, -0.15) is 0 Å². The number of aromatic nitrogens is 3. The maximum absolute atomic E-state index is 9.03. The van der Waals surface area contributed by atoms with Crippen LogP contribution in [0.25, 0.3) is 0 Å². The van der Waals surface area contributed by atoms with Crippen LogP contribution in [0.15, 0.2) is 24.3 Å². The molecule has 0 saturated heterocycles. The van der Waals surface area contributed by atoms with Gasteiger partial charge in [0.15, 0.2) is 5.82 Å². The van der Waals surface area contributed by atoms with Gasteiger partial charge in [-0.1, -0.05) is 29.8 Å². The molecule has 4 nitrogen and oxygen atoms in total. The minimum atomic E-state index is -0.0616. The quantitative estimate of drug-likeness (QED) is 0.865. The highest BCUT2D eigenvalue weighted by molar-refractivity contribution is 5.22. The molecule has 0 spiro atoms. The lowest BCUT2D eigenvalue weighted by Gasteiger charge is -2.03. The van der Waals surface area contributed by atoms with Gasteiger partial charge < -0.3 is 9.67 Å². The molecule has 0 amide bonds. The second kappa shape index (κ2) is 5.10. The highest BCUT2D eigenvalue weighted by Crippen LogP contribution is 2.08. The van der Waals surface area contributed by atoms with E-state index in [4.69, 9.17) is 5.11 Å². The lowest BCUT2D eigenvalue weighted by atomic mass is 10.1. The van der Waals surface area contributed by atoms with Crippen molar-refractivity contribution in [1.29, 1.82) is 0 Å². The Labute approximate surface area is 101 Å². The van der Waals surface area contributed by atoms with E-state index in [2.05, 4.69) is 41.4 Å². The first kappa shape index (κ1) is 11.8. The van der Waals surface area contributed by atoms with Gasteiger partial charge in [0, 0.05) is 13.5 Å². The summed E-state index contributed by atoms with van der Waals surface area (Å²) >= 11 is 0. The summed E-state index contributed by atoms with van der Waals surface area (Å²) in [5, 5.41) is 17.0. The topological polar surface area (TPSA) is 50.9 Å². The minimum absolute atomic E-state index is 0.0616. The first-order valence-corrected chi connectivity index (χ1v) is 5.74. The third-order valence-corrected chi connectivity index (χ3v) is 2.92. The third kappa shape index (κ3) is 2.71.